The minimum absolute atomic E-state index is 0.256. The maximum Gasteiger partial charge on any atom is 0.164 e. The third-order valence-electron chi connectivity index (χ3n) is 2.61. The summed E-state index contributed by atoms with van der Waals surface area (Å²) in [6, 6.07) is 0. The molecule has 1 rings (SSSR count). The van der Waals surface area contributed by atoms with Crippen LogP contribution >= 0.6 is 0 Å². The lowest BCUT2D eigenvalue weighted by molar-refractivity contribution is -0.0568. The van der Waals surface area contributed by atoms with Crippen LogP contribution in [0, 0.1) is 5.41 Å². The summed E-state index contributed by atoms with van der Waals surface area (Å²) in [5.74, 6) is 0.597. The Bertz CT molecular complexity index is 296. The largest absolute Gasteiger partial charge is 0.382 e. The molecule has 0 radical (unpaired) electrons. The van der Waals surface area contributed by atoms with Crippen molar-refractivity contribution in [3.63, 3.8) is 0 Å². The molecule has 0 aliphatic carbocycles. The molecule has 1 N–H and O–H groups in total. The summed E-state index contributed by atoms with van der Waals surface area (Å²) in [4.78, 5) is 0. The van der Waals surface area contributed by atoms with Gasteiger partial charge >= 0.3 is 0 Å². The van der Waals surface area contributed by atoms with Crippen molar-refractivity contribution >= 4 is 0 Å². The van der Waals surface area contributed by atoms with Crippen LogP contribution in [0.25, 0.3) is 0 Å². The minimum Gasteiger partial charge on any atom is -0.382 e. The van der Waals surface area contributed by atoms with Crippen molar-refractivity contribution in [1.82, 2.24) is 14.8 Å². The zero-order chi connectivity index (χ0) is 10.3. The Balaban J connectivity index is 3.15. The van der Waals surface area contributed by atoms with Crippen LogP contribution in [0.15, 0.2) is 6.33 Å². The zero-order valence-electron chi connectivity index (χ0n) is 8.87. The van der Waals surface area contributed by atoms with Crippen LogP contribution in [0.1, 0.15) is 33.5 Å². The van der Waals surface area contributed by atoms with E-state index in [1.54, 1.807) is 17.8 Å². The lowest BCUT2D eigenvalue weighted by atomic mass is 9.77. The van der Waals surface area contributed by atoms with Gasteiger partial charge in [-0.1, -0.05) is 20.8 Å². The number of aryl methyl sites for hydroxylation is 1. The van der Waals surface area contributed by atoms with Gasteiger partial charge in [-0.05, 0) is 12.3 Å². The molecule has 1 heterocycles. The first kappa shape index (κ1) is 10.2. The second-order valence-corrected chi connectivity index (χ2v) is 4.59. The summed E-state index contributed by atoms with van der Waals surface area (Å²) in [6.07, 6.45) is 1.59. The van der Waals surface area contributed by atoms with Crippen molar-refractivity contribution in [2.24, 2.45) is 12.5 Å². The molecule has 4 nitrogen and oxygen atoms in total. The molecule has 0 fully saturated rings. The number of hydrogen-bond acceptors (Lipinski definition) is 3. The smallest absolute Gasteiger partial charge is 0.164 e. The number of aromatic nitrogens is 3. The standard InChI is InChI=1S/C9H17N3O/c1-8(2,3)9(4,13)7-11-10-6-12(7)5/h6,13H,1-5H3. The average molecular weight is 183 g/mol. The van der Waals surface area contributed by atoms with Crippen molar-refractivity contribution in [3.8, 4) is 0 Å². The highest BCUT2D eigenvalue weighted by molar-refractivity contribution is 5.04. The van der Waals surface area contributed by atoms with Gasteiger partial charge in [-0.25, -0.2) is 0 Å². The van der Waals surface area contributed by atoms with Crippen LogP contribution in [0.2, 0.25) is 0 Å². The molecule has 4 heteroatoms. The first-order valence-electron chi connectivity index (χ1n) is 4.33. The van der Waals surface area contributed by atoms with E-state index in [0.717, 1.165) is 0 Å². The Kier molecular flexibility index (Phi) is 2.20. The normalized spacial score (nSPS) is 17.1. The van der Waals surface area contributed by atoms with Crippen LogP contribution in [0.5, 0.6) is 0 Å². The van der Waals surface area contributed by atoms with Gasteiger partial charge in [-0.15, -0.1) is 10.2 Å². The monoisotopic (exact) mass is 183 g/mol. The van der Waals surface area contributed by atoms with Crippen molar-refractivity contribution in [2.75, 3.05) is 0 Å². The van der Waals surface area contributed by atoms with E-state index in [4.69, 9.17) is 0 Å². The van der Waals surface area contributed by atoms with Crippen molar-refractivity contribution in [1.29, 1.82) is 0 Å². The molecule has 1 aromatic heterocycles. The highest BCUT2D eigenvalue weighted by Crippen LogP contribution is 2.37. The molecule has 0 spiro atoms. The molecule has 0 aliphatic heterocycles. The second kappa shape index (κ2) is 2.80. The minimum atomic E-state index is -0.960. The quantitative estimate of drug-likeness (QED) is 0.708. The predicted octanol–water partition coefficient (Wildman–Crippen LogP) is 1.07. The van der Waals surface area contributed by atoms with Gasteiger partial charge in [0.1, 0.15) is 11.9 Å². The van der Waals surface area contributed by atoms with E-state index in [1.165, 1.54) is 0 Å². The number of aliphatic hydroxyl groups is 1. The number of rotatable bonds is 1. The molecule has 74 valence electrons. The van der Waals surface area contributed by atoms with E-state index >= 15 is 0 Å². The van der Waals surface area contributed by atoms with Crippen molar-refractivity contribution < 1.29 is 5.11 Å². The van der Waals surface area contributed by atoms with E-state index in [9.17, 15) is 5.11 Å². The summed E-state index contributed by atoms with van der Waals surface area (Å²) < 4.78 is 1.74. The third kappa shape index (κ3) is 1.58. The highest BCUT2D eigenvalue weighted by Gasteiger charge is 2.40. The van der Waals surface area contributed by atoms with Crippen LogP contribution in [-0.4, -0.2) is 19.9 Å². The lowest BCUT2D eigenvalue weighted by Crippen LogP contribution is -2.39. The number of nitrogens with zero attached hydrogens (tertiary/aromatic N) is 3. The van der Waals surface area contributed by atoms with E-state index in [0.29, 0.717) is 5.82 Å². The lowest BCUT2D eigenvalue weighted by Gasteiger charge is -2.35. The van der Waals surface area contributed by atoms with Gasteiger partial charge in [-0.2, -0.15) is 0 Å². The average Bonchev–Trinajstić information content (AvgIpc) is 2.32. The molecule has 0 amide bonds. The van der Waals surface area contributed by atoms with E-state index < -0.39 is 5.60 Å². The Morgan fingerprint density at radius 2 is 1.85 bits per heavy atom. The maximum atomic E-state index is 10.3. The Labute approximate surface area is 78.6 Å². The fourth-order valence-corrected chi connectivity index (χ4v) is 1.06. The molecule has 0 saturated carbocycles. The molecule has 1 unspecified atom stereocenters. The van der Waals surface area contributed by atoms with Crippen LogP contribution in [-0.2, 0) is 12.6 Å². The highest BCUT2D eigenvalue weighted by atomic mass is 16.3. The van der Waals surface area contributed by atoms with Gasteiger partial charge in [0.15, 0.2) is 5.82 Å². The van der Waals surface area contributed by atoms with E-state index in [-0.39, 0.29) is 5.41 Å². The molecule has 1 aromatic rings. The van der Waals surface area contributed by atoms with Gasteiger partial charge in [0.2, 0.25) is 0 Å². The predicted molar refractivity (Wildman–Crippen MR) is 50.0 cm³/mol. The molecular weight excluding hydrogens is 166 g/mol. The summed E-state index contributed by atoms with van der Waals surface area (Å²) in [5.41, 5.74) is -1.22. The van der Waals surface area contributed by atoms with Crippen LogP contribution in [0.3, 0.4) is 0 Å². The van der Waals surface area contributed by atoms with Gasteiger partial charge in [0, 0.05) is 7.05 Å². The summed E-state index contributed by atoms with van der Waals surface area (Å²) in [5, 5.41) is 17.9. The molecule has 0 aliphatic rings. The van der Waals surface area contributed by atoms with Crippen molar-refractivity contribution in [3.05, 3.63) is 12.2 Å². The Morgan fingerprint density at radius 3 is 2.15 bits per heavy atom. The molecule has 0 aromatic carbocycles. The fraction of sp³-hybridized carbons (Fsp3) is 0.778. The van der Waals surface area contributed by atoms with Gasteiger partial charge < -0.3 is 9.67 Å². The van der Waals surface area contributed by atoms with Crippen molar-refractivity contribution in [2.45, 2.75) is 33.3 Å². The Hall–Kier alpha value is -0.900. The molecular formula is C9H17N3O. The summed E-state index contributed by atoms with van der Waals surface area (Å²) >= 11 is 0. The molecule has 0 bridgehead atoms. The van der Waals surface area contributed by atoms with Gasteiger partial charge in [-0.3, -0.25) is 0 Å². The van der Waals surface area contributed by atoms with Crippen LogP contribution < -0.4 is 0 Å². The second-order valence-electron chi connectivity index (χ2n) is 4.59. The van der Waals surface area contributed by atoms with Gasteiger partial charge in [0.25, 0.3) is 0 Å². The van der Waals surface area contributed by atoms with Crippen LogP contribution in [0.4, 0.5) is 0 Å². The summed E-state index contributed by atoms with van der Waals surface area (Å²) in [6.45, 7) is 7.68. The van der Waals surface area contributed by atoms with Gasteiger partial charge in [0.05, 0.1) is 0 Å². The molecule has 1 atom stereocenters. The number of hydrogen-bond donors (Lipinski definition) is 1. The third-order valence-corrected chi connectivity index (χ3v) is 2.61. The van der Waals surface area contributed by atoms with E-state index in [1.807, 2.05) is 27.8 Å². The first-order chi connectivity index (χ1) is 5.77. The first-order valence-corrected chi connectivity index (χ1v) is 4.33. The molecule has 13 heavy (non-hydrogen) atoms. The van der Waals surface area contributed by atoms with E-state index in [2.05, 4.69) is 10.2 Å². The SMILES string of the molecule is Cn1cnnc1C(C)(O)C(C)(C)C. The zero-order valence-corrected chi connectivity index (χ0v) is 8.87. The Morgan fingerprint density at radius 1 is 1.31 bits per heavy atom. The fourth-order valence-electron chi connectivity index (χ4n) is 1.06. The topological polar surface area (TPSA) is 50.9 Å². The molecule has 0 saturated heterocycles. The maximum absolute atomic E-state index is 10.3. The summed E-state index contributed by atoms with van der Waals surface area (Å²) in [7, 11) is 1.83.